The Labute approximate surface area is 124 Å². The summed E-state index contributed by atoms with van der Waals surface area (Å²) in [5.41, 5.74) is 0.951. The Morgan fingerprint density at radius 2 is 2.33 bits per heavy atom. The third kappa shape index (κ3) is 3.53. The molecule has 0 spiro atoms. The molecule has 2 N–H and O–H groups in total. The van der Waals surface area contributed by atoms with E-state index in [0.717, 1.165) is 5.56 Å². The first-order valence-corrected chi connectivity index (χ1v) is 7.38. The Morgan fingerprint density at radius 1 is 1.57 bits per heavy atom. The van der Waals surface area contributed by atoms with Crippen LogP contribution in [-0.2, 0) is 11.3 Å². The van der Waals surface area contributed by atoms with E-state index in [2.05, 4.69) is 15.7 Å². The predicted molar refractivity (Wildman–Crippen MR) is 78.6 cm³/mol. The Hall–Kier alpha value is -2.05. The average Bonchev–Trinajstić information content (AvgIpc) is 2.93. The number of nitrogens with one attached hydrogen (secondary N) is 2. The summed E-state index contributed by atoms with van der Waals surface area (Å²) in [5.74, 6) is -0.0773. The number of hydrogen-bond acceptors (Lipinski definition) is 3. The molecule has 2 heterocycles. The van der Waals surface area contributed by atoms with Gasteiger partial charge in [-0.2, -0.15) is 5.10 Å². The lowest BCUT2D eigenvalue weighted by Crippen LogP contribution is -2.59. The van der Waals surface area contributed by atoms with E-state index in [9.17, 15) is 9.59 Å². The minimum Gasteiger partial charge on any atom is -0.353 e. The minimum atomic E-state index is -0.378. The standard InChI is InChI=1S/C14H23N5O2/c1-4-12-13(20)15-5-6-18(12)14(21)16-7-11-8-17-19(9-11)10(2)3/h8-10,12H,4-7H2,1-3H3,(H,15,20)(H,16,21). The van der Waals surface area contributed by atoms with E-state index in [-0.39, 0.29) is 18.0 Å². The summed E-state index contributed by atoms with van der Waals surface area (Å²) in [6.07, 6.45) is 4.29. The highest BCUT2D eigenvalue weighted by atomic mass is 16.2. The molecule has 1 atom stereocenters. The van der Waals surface area contributed by atoms with Crippen molar-refractivity contribution in [2.45, 2.75) is 45.8 Å². The summed E-state index contributed by atoms with van der Waals surface area (Å²) >= 11 is 0. The van der Waals surface area contributed by atoms with Gasteiger partial charge in [0, 0.05) is 37.4 Å². The molecule has 1 fully saturated rings. The van der Waals surface area contributed by atoms with Gasteiger partial charge in [-0.15, -0.1) is 0 Å². The van der Waals surface area contributed by atoms with E-state index in [1.807, 2.05) is 31.6 Å². The Kier molecular flexibility index (Phi) is 4.82. The van der Waals surface area contributed by atoms with Gasteiger partial charge < -0.3 is 15.5 Å². The van der Waals surface area contributed by atoms with Crippen molar-refractivity contribution in [1.29, 1.82) is 0 Å². The Morgan fingerprint density at radius 3 is 2.95 bits per heavy atom. The maximum atomic E-state index is 12.2. The largest absolute Gasteiger partial charge is 0.353 e. The molecule has 1 aliphatic rings. The Bertz CT molecular complexity index is 511. The van der Waals surface area contributed by atoms with Crippen LogP contribution in [-0.4, -0.2) is 45.8 Å². The third-order valence-electron chi connectivity index (χ3n) is 3.61. The summed E-state index contributed by atoms with van der Waals surface area (Å²) in [4.78, 5) is 25.6. The van der Waals surface area contributed by atoms with Crippen LogP contribution < -0.4 is 10.6 Å². The molecule has 2 rings (SSSR count). The van der Waals surface area contributed by atoms with Gasteiger partial charge in [0.2, 0.25) is 5.91 Å². The quantitative estimate of drug-likeness (QED) is 0.865. The van der Waals surface area contributed by atoms with Crippen LogP contribution in [0, 0.1) is 0 Å². The molecule has 1 unspecified atom stereocenters. The number of carbonyl (C=O) groups is 2. The molecule has 7 nitrogen and oxygen atoms in total. The van der Waals surface area contributed by atoms with Crippen LogP contribution in [0.1, 0.15) is 38.8 Å². The molecule has 1 aromatic rings. The molecule has 0 bridgehead atoms. The molecule has 1 aromatic heterocycles. The lowest BCUT2D eigenvalue weighted by Gasteiger charge is -2.34. The number of aromatic nitrogens is 2. The first kappa shape index (κ1) is 15.3. The molecule has 21 heavy (non-hydrogen) atoms. The third-order valence-corrected chi connectivity index (χ3v) is 3.61. The highest BCUT2D eigenvalue weighted by Crippen LogP contribution is 2.09. The zero-order chi connectivity index (χ0) is 15.4. The molecule has 1 saturated heterocycles. The summed E-state index contributed by atoms with van der Waals surface area (Å²) in [6, 6.07) is -0.282. The van der Waals surface area contributed by atoms with Gasteiger partial charge in [0.25, 0.3) is 0 Å². The van der Waals surface area contributed by atoms with Crippen LogP contribution in [0.5, 0.6) is 0 Å². The van der Waals surface area contributed by atoms with E-state index >= 15 is 0 Å². The summed E-state index contributed by atoms with van der Waals surface area (Å²) in [6.45, 7) is 7.47. The average molecular weight is 293 g/mol. The zero-order valence-corrected chi connectivity index (χ0v) is 12.8. The van der Waals surface area contributed by atoms with Crippen molar-refractivity contribution in [3.05, 3.63) is 18.0 Å². The van der Waals surface area contributed by atoms with Crippen molar-refractivity contribution in [2.24, 2.45) is 0 Å². The SMILES string of the molecule is CCC1C(=O)NCCN1C(=O)NCc1cnn(C(C)C)c1. The van der Waals surface area contributed by atoms with Crippen LogP contribution in [0.3, 0.4) is 0 Å². The number of carbonyl (C=O) groups excluding carboxylic acids is 2. The molecule has 0 saturated carbocycles. The lowest BCUT2D eigenvalue weighted by atomic mass is 10.1. The van der Waals surface area contributed by atoms with Gasteiger partial charge in [-0.25, -0.2) is 4.79 Å². The van der Waals surface area contributed by atoms with Gasteiger partial charge in [0.15, 0.2) is 0 Å². The van der Waals surface area contributed by atoms with E-state index < -0.39 is 0 Å². The fourth-order valence-corrected chi connectivity index (χ4v) is 2.39. The van der Waals surface area contributed by atoms with Gasteiger partial charge >= 0.3 is 6.03 Å². The van der Waals surface area contributed by atoms with Crippen molar-refractivity contribution >= 4 is 11.9 Å². The number of rotatable bonds is 4. The van der Waals surface area contributed by atoms with Crippen LogP contribution >= 0.6 is 0 Å². The first-order chi connectivity index (χ1) is 10.0. The van der Waals surface area contributed by atoms with Gasteiger partial charge in [-0.05, 0) is 20.3 Å². The maximum absolute atomic E-state index is 12.2. The van der Waals surface area contributed by atoms with Crippen molar-refractivity contribution < 1.29 is 9.59 Å². The van der Waals surface area contributed by atoms with E-state index in [1.165, 1.54) is 0 Å². The molecular formula is C14H23N5O2. The fourth-order valence-electron chi connectivity index (χ4n) is 2.39. The monoisotopic (exact) mass is 293 g/mol. The number of urea groups is 1. The lowest BCUT2D eigenvalue weighted by molar-refractivity contribution is -0.127. The first-order valence-electron chi connectivity index (χ1n) is 7.38. The van der Waals surface area contributed by atoms with Crippen molar-refractivity contribution in [2.75, 3.05) is 13.1 Å². The maximum Gasteiger partial charge on any atom is 0.318 e. The predicted octanol–water partition coefficient (Wildman–Crippen LogP) is 0.884. The number of nitrogens with zero attached hydrogens (tertiary/aromatic N) is 3. The summed E-state index contributed by atoms with van der Waals surface area (Å²) in [7, 11) is 0. The van der Waals surface area contributed by atoms with Crippen molar-refractivity contribution in [1.82, 2.24) is 25.3 Å². The molecule has 0 radical (unpaired) electrons. The number of hydrogen-bond donors (Lipinski definition) is 2. The smallest absolute Gasteiger partial charge is 0.318 e. The van der Waals surface area contributed by atoms with Crippen molar-refractivity contribution in [3.63, 3.8) is 0 Å². The second kappa shape index (κ2) is 6.60. The van der Waals surface area contributed by atoms with Crippen molar-refractivity contribution in [3.8, 4) is 0 Å². The second-order valence-corrected chi connectivity index (χ2v) is 5.49. The van der Waals surface area contributed by atoms with E-state index in [0.29, 0.717) is 32.1 Å². The second-order valence-electron chi connectivity index (χ2n) is 5.49. The molecule has 1 aliphatic heterocycles. The normalized spacial score (nSPS) is 18.8. The summed E-state index contributed by atoms with van der Waals surface area (Å²) in [5, 5.41) is 9.88. The number of amides is 3. The van der Waals surface area contributed by atoms with Gasteiger partial charge in [0.05, 0.1) is 6.20 Å². The minimum absolute atomic E-state index is 0.0773. The van der Waals surface area contributed by atoms with E-state index in [1.54, 1.807) is 11.1 Å². The zero-order valence-electron chi connectivity index (χ0n) is 12.8. The van der Waals surface area contributed by atoms with Crippen LogP contribution in [0.4, 0.5) is 4.79 Å². The molecular weight excluding hydrogens is 270 g/mol. The molecule has 0 aliphatic carbocycles. The van der Waals surface area contributed by atoms with Crippen LogP contribution in [0.25, 0.3) is 0 Å². The molecule has 7 heteroatoms. The molecule has 116 valence electrons. The molecule has 0 aromatic carbocycles. The van der Waals surface area contributed by atoms with Crippen LogP contribution in [0.2, 0.25) is 0 Å². The highest BCUT2D eigenvalue weighted by Gasteiger charge is 2.31. The van der Waals surface area contributed by atoms with Gasteiger partial charge in [0.1, 0.15) is 6.04 Å². The topological polar surface area (TPSA) is 79.3 Å². The highest BCUT2D eigenvalue weighted by molar-refractivity contribution is 5.88. The Balaban J connectivity index is 1.92. The summed E-state index contributed by atoms with van der Waals surface area (Å²) < 4.78 is 1.85. The molecule has 3 amide bonds. The number of piperazine rings is 1. The fraction of sp³-hybridized carbons (Fsp3) is 0.643. The van der Waals surface area contributed by atoms with E-state index in [4.69, 9.17) is 0 Å². The van der Waals surface area contributed by atoms with Gasteiger partial charge in [-0.3, -0.25) is 9.48 Å². The van der Waals surface area contributed by atoms with Crippen LogP contribution in [0.15, 0.2) is 12.4 Å². The van der Waals surface area contributed by atoms with Gasteiger partial charge in [-0.1, -0.05) is 6.92 Å².